The molecule has 0 saturated heterocycles. The number of oxime groups is 1. The summed E-state index contributed by atoms with van der Waals surface area (Å²) >= 11 is 0. The van der Waals surface area contributed by atoms with Crippen LogP contribution in [0, 0.1) is 0 Å². The third kappa shape index (κ3) is 7.05. The summed E-state index contributed by atoms with van der Waals surface area (Å²) in [5.74, 6) is -2.35. The van der Waals surface area contributed by atoms with E-state index in [4.69, 9.17) is 9.57 Å². The summed E-state index contributed by atoms with van der Waals surface area (Å²) in [6, 6.07) is 12.0. The number of amides is 1. The molecule has 1 atom stereocenters. The fourth-order valence-electron chi connectivity index (χ4n) is 4.88. The largest absolute Gasteiger partial charge is 0.478 e. The van der Waals surface area contributed by atoms with Crippen LogP contribution in [0.15, 0.2) is 47.6 Å². The highest BCUT2D eigenvalue weighted by Gasteiger charge is 2.37. The molecule has 0 heterocycles. The van der Waals surface area contributed by atoms with Crippen LogP contribution in [0.1, 0.15) is 101 Å². The van der Waals surface area contributed by atoms with E-state index in [1.165, 1.54) is 17.7 Å². The Morgan fingerprint density at radius 2 is 1.67 bits per heavy atom. The second-order valence-electron chi connectivity index (χ2n) is 11.3. The van der Waals surface area contributed by atoms with Gasteiger partial charge >= 0.3 is 11.9 Å². The van der Waals surface area contributed by atoms with Gasteiger partial charge in [-0.25, -0.2) is 9.59 Å². The summed E-state index contributed by atoms with van der Waals surface area (Å²) in [5, 5.41) is 16.5. The first-order chi connectivity index (χ1) is 18.4. The van der Waals surface area contributed by atoms with Gasteiger partial charge in [0.25, 0.3) is 5.91 Å². The maximum absolute atomic E-state index is 13.6. The van der Waals surface area contributed by atoms with Crippen LogP contribution in [0.2, 0.25) is 0 Å². The molecule has 0 aliphatic heterocycles. The highest BCUT2D eigenvalue weighted by atomic mass is 16.7. The summed E-state index contributed by atoms with van der Waals surface area (Å²) in [4.78, 5) is 43.6. The fraction of sp³-hybridized carbons (Fsp3) is 0.484. The van der Waals surface area contributed by atoms with Gasteiger partial charge in [0.05, 0.1) is 17.9 Å². The molecule has 0 aromatic heterocycles. The topological polar surface area (TPSA) is 114 Å². The van der Waals surface area contributed by atoms with Crippen LogP contribution in [-0.2, 0) is 30.0 Å². The second-order valence-corrected chi connectivity index (χ2v) is 11.3. The van der Waals surface area contributed by atoms with Crippen molar-refractivity contribution in [3.8, 4) is 0 Å². The van der Waals surface area contributed by atoms with Crippen molar-refractivity contribution in [3.05, 3.63) is 64.7 Å². The number of para-hydroxylation sites is 1. The average Bonchev–Trinajstić information content (AvgIpc) is 2.89. The van der Waals surface area contributed by atoms with E-state index in [-0.39, 0.29) is 34.4 Å². The Morgan fingerprint density at radius 1 is 1.00 bits per heavy atom. The lowest BCUT2D eigenvalue weighted by molar-refractivity contribution is -0.157. The molecule has 1 amide bonds. The predicted octanol–water partition coefficient (Wildman–Crippen LogP) is 6.22. The van der Waals surface area contributed by atoms with E-state index in [1.807, 2.05) is 25.1 Å². The van der Waals surface area contributed by atoms with E-state index < -0.39 is 23.9 Å². The van der Waals surface area contributed by atoms with Crippen molar-refractivity contribution in [1.29, 1.82) is 0 Å². The number of carbonyl (C=O) groups is 3. The van der Waals surface area contributed by atoms with Crippen LogP contribution in [0.3, 0.4) is 0 Å². The number of benzene rings is 2. The molecule has 8 nitrogen and oxygen atoms in total. The van der Waals surface area contributed by atoms with Crippen molar-refractivity contribution >= 4 is 29.2 Å². The normalized spacial score (nSPS) is 16.5. The molecule has 0 spiro atoms. The fourth-order valence-corrected chi connectivity index (χ4v) is 4.88. The first-order valence-electron chi connectivity index (χ1n) is 13.6. The number of esters is 1. The van der Waals surface area contributed by atoms with Gasteiger partial charge in [0, 0.05) is 5.56 Å². The van der Waals surface area contributed by atoms with Gasteiger partial charge in [-0.1, -0.05) is 70.5 Å². The highest BCUT2D eigenvalue weighted by Crippen LogP contribution is 2.46. The lowest BCUT2D eigenvalue weighted by Crippen LogP contribution is -2.34. The van der Waals surface area contributed by atoms with Gasteiger partial charge in [-0.05, 0) is 72.8 Å². The third-order valence-electron chi connectivity index (χ3n) is 7.39. The number of carboxylic acid groups (broad SMARTS) is 1. The van der Waals surface area contributed by atoms with Crippen molar-refractivity contribution in [2.24, 2.45) is 5.16 Å². The van der Waals surface area contributed by atoms with E-state index in [9.17, 15) is 19.5 Å². The smallest absolute Gasteiger partial charge is 0.350 e. The Kier molecular flexibility index (Phi) is 9.54. The van der Waals surface area contributed by atoms with Crippen LogP contribution in [-0.4, -0.2) is 41.4 Å². The molecule has 8 heteroatoms. The number of aromatic carboxylic acids is 1. The molecule has 0 radical (unpaired) electrons. The predicted molar refractivity (Wildman–Crippen MR) is 151 cm³/mol. The van der Waals surface area contributed by atoms with Crippen molar-refractivity contribution < 1.29 is 29.1 Å². The molecule has 0 fully saturated rings. The van der Waals surface area contributed by atoms with Crippen LogP contribution < -0.4 is 5.32 Å². The van der Waals surface area contributed by atoms with Gasteiger partial charge < -0.3 is 20.0 Å². The van der Waals surface area contributed by atoms with Crippen molar-refractivity contribution in [2.75, 3.05) is 11.9 Å². The van der Waals surface area contributed by atoms with E-state index in [1.54, 1.807) is 19.1 Å². The molecule has 0 bridgehead atoms. The van der Waals surface area contributed by atoms with E-state index >= 15 is 0 Å². The minimum atomic E-state index is -1.17. The summed E-state index contributed by atoms with van der Waals surface area (Å²) in [6.07, 6.45) is 3.02. The number of unbranched alkanes of at least 4 members (excludes halogenated alkanes) is 1. The molecule has 1 aliphatic rings. The summed E-state index contributed by atoms with van der Waals surface area (Å²) in [7, 11) is 0. The molecule has 210 valence electrons. The van der Waals surface area contributed by atoms with E-state index in [2.05, 4.69) is 38.2 Å². The van der Waals surface area contributed by atoms with Crippen molar-refractivity contribution in [2.45, 2.75) is 90.6 Å². The summed E-state index contributed by atoms with van der Waals surface area (Å²) < 4.78 is 5.16. The van der Waals surface area contributed by atoms with Crippen LogP contribution >= 0.6 is 0 Å². The van der Waals surface area contributed by atoms with Gasteiger partial charge in [-0.2, -0.15) is 0 Å². The molecular weight excluding hydrogens is 496 g/mol. The SMILES string of the molecule is CCCCC(ON=C(C(=O)Nc1ccccc1C(=O)O)c1ccc2c(c1)C(C)(C)CCC2(C)C)C(=O)OCC. The highest BCUT2D eigenvalue weighted by molar-refractivity contribution is 6.49. The quantitative estimate of drug-likeness (QED) is 0.200. The molecule has 39 heavy (non-hydrogen) atoms. The molecule has 3 rings (SSSR count). The zero-order valence-electron chi connectivity index (χ0n) is 23.8. The van der Waals surface area contributed by atoms with E-state index in [0.29, 0.717) is 18.4 Å². The summed E-state index contributed by atoms with van der Waals surface area (Å²) in [6.45, 7) is 12.7. The molecule has 1 unspecified atom stereocenters. The Hall–Kier alpha value is -3.68. The first-order valence-corrected chi connectivity index (χ1v) is 13.6. The zero-order valence-corrected chi connectivity index (χ0v) is 23.8. The number of nitrogens with one attached hydrogen (secondary N) is 1. The minimum absolute atomic E-state index is 0.0188. The van der Waals surface area contributed by atoms with Gasteiger partial charge in [-0.3, -0.25) is 4.79 Å². The van der Waals surface area contributed by atoms with Crippen LogP contribution in [0.4, 0.5) is 5.69 Å². The second kappa shape index (κ2) is 12.5. The lowest BCUT2D eigenvalue weighted by Gasteiger charge is -2.42. The summed E-state index contributed by atoms with van der Waals surface area (Å²) in [5.41, 5.74) is 2.75. The zero-order chi connectivity index (χ0) is 28.8. The van der Waals surface area contributed by atoms with Gasteiger partial charge in [0.2, 0.25) is 6.10 Å². The molecule has 2 N–H and O–H groups in total. The maximum atomic E-state index is 13.6. The van der Waals surface area contributed by atoms with Crippen molar-refractivity contribution in [3.63, 3.8) is 0 Å². The Labute approximate surface area is 230 Å². The van der Waals surface area contributed by atoms with Crippen LogP contribution in [0.25, 0.3) is 0 Å². The number of fused-ring (bicyclic) bond motifs is 1. The Balaban J connectivity index is 2.08. The Morgan fingerprint density at radius 3 is 2.31 bits per heavy atom. The molecule has 2 aromatic rings. The van der Waals surface area contributed by atoms with Crippen molar-refractivity contribution in [1.82, 2.24) is 0 Å². The van der Waals surface area contributed by atoms with Gasteiger partial charge in [0.15, 0.2) is 5.71 Å². The van der Waals surface area contributed by atoms with Gasteiger partial charge in [0.1, 0.15) is 0 Å². The Bertz CT molecular complexity index is 1250. The number of rotatable bonds is 11. The first kappa shape index (κ1) is 29.9. The minimum Gasteiger partial charge on any atom is -0.478 e. The molecule has 1 aliphatic carbocycles. The average molecular weight is 537 g/mol. The molecular formula is C31H40N2O6. The lowest BCUT2D eigenvalue weighted by atomic mass is 9.63. The van der Waals surface area contributed by atoms with E-state index in [0.717, 1.165) is 24.8 Å². The van der Waals surface area contributed by atoms with Gasteiger partial charge in [-0.15, -0.1) is 0 Å². The standard InChI is InChI=1S/C31H40N2O6/c1-7-9-14-25(29(37)38-8-2)39-33-26(27(34)32-24-13-11-10-12-21(24)28(35)36)20-15-16-22-23(19-20)31(5,6)18-17-30(22,3)4/h10-13,15-16,19,25H,7-9,14,17-18H2,1-6H3,(H,32,34)(H,35,36). The number of hydrogen-bond donors (Lipinski definition) is 2. The number of hydrogen-bond acceptors (Lipinski definition) is 6. The number of ether oxygens (including phenoxy) is 1. The number of nitrogens with zero attached hydrogens (tertiary/aromatic N) is 1. The third-order valence-corrected chi connectivity index (χ3v) is 7.39. The molecule has 2 aromatic carbocycles. The molecule has 0 saturated carbocycles. The number of carboxylic acids is 1. The number of anilines is 1. The monoisotopic (exact) mass is 536 g/mol. The number of carbonyl (C=O) groups excluding carboxylic acids is 2. The van der Waals surface area contributed by atoms with Crippen LogP contribution in [0.5, 0.6) is 0 Å². The maximum Gasteiger partial charge on any atom is 0.350 e.